The third-order valence-corrected chi connectivity index (χ3v) is 3.17. The van der Waals surface area contributed by atoms with E-state index in [4.69, 9.17) is 4.74 Å². The van der Waals surface area contributed by atoms with Gasteiger partial charge in [0.1, 0.15) is 11.4 Å². The number of pyridine rings is 1. The Balaban J connectivity index is 1.99. The summed E-state index contributed by atoms with van der Waals surface area (Å²) < 4.78 is 21.2. The van der Waals surface area contributed by atoms with E-state index in [1.165, 1.54) is 6.20 Å². The van der Waals surface area contributed by atoms with Gasteiger partial charge in [-0.3, -0.25) is 0 Å². The summed E-state index contributed by atoms with van der Waals surface area (Å²) in [6.45, 7) is 0.690. The summed E-state index contributed by atoms with van der Waals surface area (Å²) in [5, 5.41) is 13.4. The smallest absolute Gasteiger partial charge is 0.154 e. The molecule has 19 heavy (non-hydrogen) atoms. The number of halogens is 1. The van der Waals surface area contributed by atoms with Crippen molar-refractivity contribution in [3.8, 4) is 17.1 Å². The first-order valence-electron chi connectivity index (χ1n) is 6.26. The van der Waals surface area contributed by atoms with E-state index >= 15 is 0 Å². The van der Waals surface area contributed by atoms with Crippen LogP contribution in [0.4, 0.5) is 4.39 Å². The average molecular weight is 263 g/mol. The minimum Gasteiger partial charge on any atom is -0.506 e. The lowest BCUT2D eigenvalue weighted by molar-refractivity contribution is -0.0384. The lowest BCUT2D eigenvalue weighted by atomic mass is 10.2. The average Bonchev–Trinajstić information content (AvgIpc) is 2.89. The topological polar surface area (TPSA) is 60.2 Å². The molecule has 1 fully saturated rings. The number of rotatable bonds is 2. The number of nitrogens with zero attached hydrogens (tertiary/aromatic N) is 3. The van der Waals surface area contributed by atoms with Gasteiger partial charge in [-0.25, -0.2) is 14.1 Å². The second kappa shape index (κ2) is 4.97. The van der Waals surface area contributed by atoms with E-state index in [0.29, 0.717) is 12.3 Å². The molecule has 0 aromatic carbocycles. The molecule has 6 heteroatoms. The van der Waals surface area contributed by atoms with Crippen LogP contribution in [-0.4, -0.2) is 26.5 Å². The van der Waals surface area contributed by atoms with Crippen molar-refractivity contribution >= 4 is 0 Å². The Morgan fingerprint density at radius 1 is 1.42 bits per heavy atom. The molecule has 1 unspecified atom stereocenters. The van der Waals surface area contributed by atoms with E-state index < -0.39 is 5.82 Å². The molecule has 5 nitrogen and oxygen atoms in total. The Hall–Kier alpha value is -1.95. The highest BCUT2D eigenvalue weighted by Gasteiger charge is 2.21. The number of aromatic nitrogens is 3. The molecular weight excluding hydrogens is 249 g/mol. The largest absolute Gasteiger partial charge is 0.506 e. The van der Waals surface area contributed by atoms with Crippen LogP contribution in [0.5, 0.6) is 5.75 Å². The van der Waals surface area contributed by atoms with Gasteiger partial charge in [-0.05, 0) is 25.3 Å². The first-order valence-corrected chi connectivity index (χ1v) is 6.26. The Kier molecular flexibility index (Phi) is 3.16. The summed E-state index contributed by atoms with van der Waals surface area (Å²) in [6, 6.07) is 2.74. The molecule has 0 amide bonds. The summed E-state index contributed by atoms with van der Waals surface area (Å²) in [4.78, 5) is 3.93. The monoisotopic (exact) mass is 263 g/mol. The van der Waals surface area contributed by atoms with Gasteiger partial charge in [0.15, 0.2) is 12.0 Å². The van der Waals surface area contributed by atoms with E-state index in [1.807, 2.05) is 0 Å². The minimum absolute atomic E-state index is 0.171. The van der Waals surface area contributed by atoms with Gasteiger partial charge in [-0.15, -0.1) is 0 Å². The fourth-order valence-corrected chi connectivity index (χ4v) is 2.26. The van der Waals surface area contributed by atoms with Gasteiger partial charge in [-0.1, -0.05) is 0 Å². The summed E-state index contributed by atoms with van der Waals surface area (Å²) in [6.07, 6.45) is 5.61. The molecule has 0 saturated carbocycles. The zero-order valence-electron chi connectivity index (χ0n) is 10.3. The zero-order chi connectivity index (χ0) is 13.2. The standard InChI is InChI=1S/C13H14FN3O2/c14-10-7-9(18)8-15-13(10)11-4-5-16-17(11)12-3-1-2-6-19-12/h4-5,7-8,12,18H,1-3,6H2. The molecule has 0 bridgehead atoms. The second-order valence-corrected chi connectivity index (χ2v) is 4.51. The van der Waals surface area contributed by atoms with Gasteiger partial charge in [0, 0.05) is 18.9 Å². The molecular formula is C13H14FN3O2. The molecule has 2 aromatic heterocycles. The van der Waals surface area contributed by atoms with Crippen molar-refractivity contribution in [3.05, 3.63) is 30.3 Å². The van der Waals surface area contributed by atoms with Crippen molar-refractivity contribution in [3.63, 3.8) is 0 Å². The molecule has 0 spiro atoms. The van der Waals surface area contributed by atoms with E-state index in [-0.39, 0.29) is 17.7 Å². The molecule has 1 N–H and O–H groups in total. The molecule has 3 heterocycles. The van der Waals surface area contributed by atoms with Crippen molar-refractivity contribution in [1.82, 2.24) is 14.8 Å². The molecule has 3 rings (SSSR count). The maximum Gasteiger partial charge on any atom is 0.154 e. The van der Waals surface area contributed by atoms with Gasteiger partial charge in [0.25, 0.3) is 0 Å². The molecule has 100 valence electrons. The number of hydrogen-bond acceptors (Lipinski definition) is 4. The Morgan fingerprint density at radius 3 is 3.05 bits per heavy atom. The van der Waals surface area contributed by atoms with Crippen LogP contribution in [0.15, 0.2) is 24.5 Å². The highest BCUT2D eigenvalue weighted by Crippen LogP contribution is 2.29. The molecule has 1 aliphatic heterocycles. The summed E-state index contributed by atoms with van der Waals surface area (Å²) in [7, 11) is 0. The molecule has 0 radical (unpaired) electrons. The third kappa shape index (κ3) is 2.31. The maximum absolute atomic E-state index is 13.9. The van der Waals surface area contributed by atoms with Crippen LogP contribution in [0.1, 0.15) is 25.5 Å². The SMILES string of the molecule is Oc1cnc(-c2ccnn2C2CCCCO2)c(F)c1. The van der Waals surface area contributed by atoms with Gasteiger partial charge in [-0.2, -0.15) is 5.10 Å². The molecule has 1 saturated heterocycles. The van der Waals surface area contributed by atoms with Crippen LogP contribution in [0.3, 0.4) is 0 Å². The van der Waals surface area contributed by atoms with Crippen LogP contribution < -0.4 is 0 Å². The van der Waals surface area contributed by atoms with Crippen molar-refractivity contribution < 1.29 is 14.2 Å². The Bertz CT molecular complexity index is 579. The first-order chi connectivity index (χ1) is 9.25. The van der Waals surface area contributed by atoms with Crippen LogP contribution in [-0.2, 0) is 4.74 Å². The van der Waals surface area contributed by atoms with Crippen molar-refractivity contribution in [1.29, 1.82) is 0 Å². The van der Waals surface area contributed by atoms with E-state index in [2.05, 4.69) is 10.1 Å². The zero-order valence-corrected chi connectivity index (χ0v) is 10.3. The maximum atomic E-state index is 13.9. The van der Waals surface area contributed by atoms with E-state index in [0.717, 1.165) is 25.3 Å². The van der Waals surface area contributed by atoms with E-state index in [1.54, 1.807) is 16.9 Å². The van der Waals surface area contributed by atoms with Gasteiger partial charge in [0.05, 0.1) is 11.9 Å². The molecule has 1 atom stereocenters. The summed E-state index contributed by atoms with van der Waals surface area (Å²) in [5.41, 5.74) is 0.730. The fraction of sp³-hybridized carbons (Fsp3) is 0.385. The van der Waals surface area contributed by atoms with Gasteiger partial charge < -0.3 is 9.84 Å². The number of hydrogen-bond donors (Lipinski definition) is 1. The fourth-order valence-electron chi connectivity index (χ4n) is 2.26. The molecule has 2 aromatic rings. The predicted octanol–water partition coefficient (Wildman–Crippen LogP) is 2.49. The number of aromatic hydroxyl groups is 1. The Labute approximate surface area is 109 Å². The lowest BCUT2D eigenvalue weighted by Crippen LogP contribution is -2.20. The highest BCUT2D eigenvalue weighted by molar-refractivity contribution is 5.55. The van der Waals surface area contributed by atoms with Gasteiger partial charge >= 0.3 is 0 Å². The number of ether oxygens (including phenoxy) is 1. The van der Waals surface area contributed by atoms with Crippen LogP contribution in [0.25, 0.3) is 11.4 Å². The van der Waals surface area contributed by atoms with Crippen molar-refractivity contribution in [2.45, 2.75) is 25.5 Å². The first kappa shape index (κ1) is 12.1. The quantitative estimate of drug-likeness (QED) is 0.904. The summed E-state index contributed by atoms with van der Waals surface area (Å²) in [5.74, 6) is -0.765. The van der Waals surface area contributed by atoms with Crippen LogP contribution >= 0.6 is 0 Å². The van der Waals surface area contributed by atoms with Crippen molar-refractivity contribution in [2.75, 3.05) is 6.61 Å². The third-order valence-electron chi connectivity index (χ3n) is 3.17. The lowest BCUT2D eigenvalue weighted by Gasteiger charge is -2.24. The summed E-state index contributed by atoms with van der Waals surface area (Å²) >= 11 is 0. The normalized spacial score (nSPS) is 19.5. The van der Waals surface area contributed by atoms with E-state index in [9.17, 15) is 9.50 Å². The second-order valence-electron chi connectivity index (χ2n) is 4.51. The van der Waals surface area contributed by atoms with Crippen LogP contribution in [0.2, 0.25) is 0 Å². The predicted molar refractivity (Wildman–Crippen MR) is 65.9 cm³/mol. The minimum atomic E-state index is -0.572. The van der Waals surface area contributed by atoms with Crippen molar-refractivity contribution in [2.24, 2.45) is 0 Å². The molecule has 0 aliphatic carbocycles. The van der Waals surface area contributed by atoms with Gasteiger partial charge in [0.2, 0.25) is 0 Å². The highest BCUT2D eigenvalue weighted by atomic mass is 19.1. The Morgan fingerprint density at radius 2 is 2.32 bits per heavy atom. The molecule has 1 aliphatic rings. The van der Waals surface area contributed by atoms with Crippen LogP contribution in [0, 0.1) is 5.82 Å².